The number of nitrogens with one attached hydrogen (secondary N) is 4. The molecule has 17 heteroatoms. The second kappa shape index (κ2) is 56.6. The van der Waals surface area contributed by atoms with Gasteiger partial charge in [-0.15, -0.1) is 0 Å². The zero-order valence-electron chi connectivity index (χ0n) is 27.1. The van der Waals surface area contributed by atoms with Crippen molar-refractivity contribution in [3.63, 3.8) is 0 Å². The normalized spacial score (nSPS) is 8.95. The van der Waals surface area contributed by atoms with E-state index in [4.69, 9.17) is 33.4 Å². The van der Waals surface area contributed by atoms with Crippen molar-refractivity contribution in [2.45, 2.75) is 84.7 Å². The first-order valence-corrected chi connectivity index (χ1v) is 18.3. The summed E-state index contributed by atoms with van der Waals surface area (Å²) in [5.74, 6) is -0.0812. The van der Waals surface area contributed by atoms with Gasteiger partial charge in [0.25, 0.3) is 0 Å². The van der Waals surface area contributed by atoms with Crippen LogP contribution in [0, 0.1) is 0 Å². The van der Waals surface area contributed by atoms with E-state index in [-0.39, 0.29) is 25.7 Å². The Bertz CT molecular complexity index is 569. The molecule has 0 heterocycles. The molecule has 1 atom stereocenters. The van der Waals surface area contributed by atoms with Gasteiger partial charge in [-0.05, 0) is 33.2 Å². The highest BCUT2D eigenvalue weighted by Crippen LogP contribution is 2.15. The fourth-order valence-electron chi connectivity index (χ4n) is 2.77. The Morgan fingerprint density at radius 3 is 1.61 bits per heavy atom. The molecule has 0 aromatic heterocycles. The number of alkyl carbamates (subject to hydrolysis) is 2. The van der Waals surface area contributed by atoms with Crippen LogP contribution in [-0.2, 0) is 38.2 Å². The summed E-state index contributed by atoms with van der Waals surface area (Å²) in [6, 6.07) is 0. The molecule has 0 aromatic carbocycles. The van der Waals surface area contributed by atoms with Crippen LogP contribution >= 0.6 is 28.1 Å². The van der Waals surface area contributed by atoms with E-state index in [0.29, 0.717) is 25.9 Å². The number of ether oxygens (including phenoxy) is 3. The molecule has 1 unspecified atom stereocenters. The predicted octanol–water partition coefficient (Wildman–Crippen LogP) is 3.54. The first-order chi connectivity index (χ1) is 21.4. The molecular weight excluding hydrogens is 709 g/mol. The zero-order valence-corrected chi connectivity index (χ0v) is 30.2. The van der Waals surface area contributed by atoms with Gasteiger partial charge in [-0.3, -0.25) is 4.79 Å². The summed E-state index contributed by atoms with van der Waals surface area (Å²) in [5, 5.41) is 10.8. The van der Waals surface area contributed by atoms with Crippen molar-refractivity contribution in [1.29, 1.82) is 0 Å². The molecule has 0 aliphatic heterocycles. The van der Waals surface area contributed by atoms with E-state index in [9.17, 15) is 14.4 Å². The van der Waals surface area contributed by atoms with Gasteiger partial charge < -0.3 is 54.6 Å². The van der Waals surface area contributed by atoms with Crippen molar-refractivity contribution in [3.8, 4) is 0 Å². The number of amides is 3. The highest BCUT2D eigenvalue weighted by atomic mass is 127. The smallest absolute Gasteiger partial charge is 0.407 e. The Labute approximate surface area is 279 Å². The Morgan fingerprint density at radius 2 is 1.20 bits per heavy atom. The second-order valence-corrected chi connectivity index (χ2v) is 10.2. The SMILES string of the molecule is C=O.C=O.C=O.C=O.CCCCCCCCCN[B]PI.CCNC(=O)OCC(COC(=O)NCC)OCCCC(=O)NC. The van der Waals surface area contributed by atoms with Crippen molar-refractivity contribution in [2.75, 3.05) is 46.5 Å². The minimum Gasteiger partial charge on any atom is -0.447 e. The van der Waals surface area contributed by atoms with Crippen LogP contribution in [0.5, 0.6) is 0 Å². The molecule has 3 amide bonds. The van der Waals surface area contributed by atoms with Crippen LogP contribution in [0.2, 0.25) is 0 Å². The van der Waals surface area contributed by atoms with Gasteiger partial charge in [0.15, 0.2) is 0 Å². The number of rotatable bonds is 21. The molecule has 0 bridgehead atoms. The minimum absolute atomic E-state index is 0.0504. The fourth-order valence-corrected chi connectivity index (χ4v) is 3.66. The predicted molar refractivity (Wildman–Crippen MR) is 186 cm³/mol. The lowest BCUT2D eigenvalue weighted by molar-refractivity contribution is -0.121. The molecule has 0 rings (SSSR count). The molecule has 0 aliphatic rings. The molecule has 259 valence electrons. The molecular formula is C27H56BIN4O10P. The third-order valence-corrected chi connectivity index (χ3v) is 5.95. The second-order valence-electron chi connectivity index (χ2n) is 7.86. The topological polar surface area (TPSA) is 195 Å². The van der Waals surface area contributed by atoms with Crippen LogP contribution in [0.4, 0.5) is 9.59 Å². The Morgan fingerprint density at radius 1 is 0.750 bits per heavy atom. The maximum absolute atomic E-state index is 11.3. The highest BCUT2D eigenvalue weighted by molar-refractivity contribution is 14.2. The molecule has 0 aliphatic carbocycles. The van der Waals surface area contributed by atoms with E-state index in [1.165, 1.54) is 51.5 Å². The van der Waals surface area contributed by atoms with Gasteiger partial charge in [0.2, 0.25) is 13.0 Å². The van der Waals surface area contributed by atoms with Gasteiger partial charge in [-0.2, -0.15) is 0 Å². The molecule has 14 nitrogen and oxygen atoms in total. The lowest BCUT2D eigenvalue weighted by Gasteiger charge is -2.18. The quantitative estimate of drug-likeness (QED) is 0.0578. The molecule has 0 aromatic rings. The van der Waals surface area contributed by atoms with Crippen molar-refractivity contribution >= 4 is 80.5 Å². The van der Waals surface area contributed by atoms with E-state index in [1.807, 2.05) is 27.2 Å². The van der Waals surface area contributed by atoms with Gasteiger partial charge in [-0.1, -0.05) is 73.6 Å². The van der Waals surface area contributed by atoms with E-state index in [1.54, 1.807) is 20.9 Å². The van der Waals surface area contributed by atoms with E-state index in [0.717, 1.165) is 6.10 Å². The maximum Gasteiger partial charge on any atom is 0.407 e. The molecule has 0 saturated carbocycles. The summed E-state index contributed by atoms with van der Waals surface area (Å²) in [6.45, 7) is 16.1. The molecule has 1 radical (unpaired) electrons. The number of halogens is 1. The van der Waals surface area contributed by atoms with Crippen molar-refractivity contribution < 1.29 is 47.8 Å². The summed E-state index contributed by atoms with van der Waals surface area (Å²) in [5.41, 5.74) is 0. The summed E-state index contributed by atoms with van der Waals surface area (Å²) in [4.78, 5) is 65.7. The van der Waals surface area contributed by atoms with Gasteiger partial charge in [0.05, 0.1) is 0 Å². The number of hydrogen-bond acceptors (Lipinski definition) is 11. The Hall–Kier alpha value is -2.17. The maximum atomic E-state index is 11.3. The van der Waals surface area contributed by atoms with Crippen LogP contribution in [0.25, 0.3) is 0 Å². The van der Waals surface area contributed by atoms with Gasteiger partial charge in [0.1, 0.15) is 46.5 Å². The van der Waals surface area contributed by atoms with Crippen molar-refractivity contribution in [3.05, 3.63) is 0 Å². The highest BCUT2D eigenvalue weighted by Gasteiger charge is 2.15. The van der Waals surface area contributed by atoms with E-state index >= 15 is 0 Å². The summed E-state index contributed by atoms with van der Waals surface area (Å²) >= 11 is 2.38. The average Bonchev–Trinajstić information content (AvgIpc) is 3.07. The van der Waals surface area contributed by atoms with Crippen LogP contribution in [-0.4, -0.2) is 105 Å². The molecule has 0 saturated heterocycles. The van der Waals surface area contributed by atoms with Gasteiger partial charge in [0, 0.05) is 33.2 Å². The van der Waals surface area contributed by atoms with Crippen LogP contribution in [0.3, 0.4) is 0 Å². The largest absolute Gasteiger partial charge is 0.447 e. The van der Waals surface area contributed by atoms with Gasteiger partial charge in [-0.25, -0.2) is 9.59 Å². The number of carbonyl (C=O) groups is 7. The Kier molecular flexibility index (Phi) is 69.9. The van der Waals surface area contributed by atoms with Crippen molar-refractivity contribution in [1.82, 2.24) is 21.2 Å². The molecule has 0 fully saturated rings. The Balaban J connectivity index is -0.000000145. The van der Waals surface area contributed by atoms with Crippen LogP contribution < -0.4 is 21.2 Å². The van der Waals surface area contributed by atoms with Crippen LogP contribution in [0.15, 0.2) is 0 Å². The fraction of sp³-hybridized carbons (Fsp3) is 0.741. The lowest BCUT2D eigenvalue weighted by atomic mass is 10.1. The monoisotopic (exact) mass is 765 g/mol. The number of unbranched alkanes of at least 4 members (excludes halogenated alkanes) is 6. The van der Waals surface area contributed by atoms with E-state index in [2.05, 4.69) is 57.3 Å². The van der Waals surface area contributed by atoms with E-state index < -0.39 is 18.3 Å². The first-order valence-electron chi connectivity index (χ1n) is 14.1. The minimum atomic E-state index is -0.593. The van der Waals surface area contributed by atoms with Gasteiger partial charge >= 0.3 is 12.2 Å². The summed E-state index contributed by atoms with van der Waals surface area (Å²) < 4.78 is 15.4. The first kappa shape index (κ1) is 54.3. The molecule has 0 spiro atoms. The standard InChI is InChI=1S/C14H27N3O6.C9H21BINP.4CH2O/c1-4-16-13(19)22-9-11(10-23-14(20)17-5-2)21-8-6-7-12(18)15-3;1-2-3-4-5-6-7-8-9-12-10-13-11;4*1-2/h11H,4-10H2,1-3H3,(H,15,18)(H,16,19)(H,17,20);12-13H,2-9H2,1H3;4*1H2. The van der Waals surface area contributed by atoms with Crippen LogP contribution in [0.1, 0.15) is 78.6 Å². The number of hydrogen-bond donors (Lipinski definition) is 4. The average molecular weight is 765 g/mol. The number of carbonyl (C=O) groups excluding carboxylic acids is 7. The zero-order chi connectivity index (χ0) is 35.3. The molecule has 44 heavy (non-hydrogen) atoms. The molecule has 4 N–H and O–H groups in total. The lowest BCUT2D eigenvalue weighted by Crippen LogP contribution is -2.34. The van der Waals surface area contributed by atoms with Crippen molar-refractivity contribution in [2.24, 2.45) is 0 Å². The summed E-state index contributed by atoms with van der Waals surface area (Å²) in [6.07, 6.45) is 9.83. The summed E-state index contributed by atoms with van der Waals surface area (Å²) in [7, 11) is 3.73. The third kappa shape index (κ3) is 55.7. The third-order valence-electron chi connectivity index (χ3n) is 4.70.